The summed E-state index contributed by atoms with van der Waals surface area (Å²) in [6.45, 7) is 4.13. The van der Waals surface area contributed by atoms with Crippen molar-refractivity contribution in [3.63, 3.8) is 0 Å². The van der Waals surface area contributed by atoms with Gasteiger partial charge in [-0.2, -0.15) is 13.2 Å². The topological polar surface area (TPSA) is 21.3 Å². The number of hydrogen-bond donors (Lipinski definition) is 1. The third kappa shape index (κ3) is 3.73. The first kappa shape index (κ1) is 15.3. The molecule has 0 saturated carbocycles. The van der Waals surface area contributed by atoms with Gasteiger partial charge in [0.05, 0.1) is 12.2 Å². The van der Waals surface area contributed by atoms with E-state index in [2.05, 4.69) is 5.32 Å². The minimum atomic E-state index is -4.29. The van der Waals surface area contributed by atoms with Crippen molar-refractivity contribution in [1.29, 1.82) is 0 Å². The summed E-state index contributed by atoms with van der Waals surface area (Å²) >= 11 is 0. The van der Waals surface area contributed by atoms with Gasteiger partial charge in [-0.25, -0.2) is 0 Å². The molecule has 5 heteroatoms. The minimum absolute atomic E-state index is 0.0697. The molecule has 0 aliphatic carbocycles. The molecule has 1 aromatic carbocycles. The normalized spacial score (nSPS) is 21.1. The van der Waals surface area contributed by atoms with Gasteiger partial charge in [0.1, 0.15) is 0 Å². The molecule has 1 saturated heterocycles. The van der Waals surface area contributed by atoms with Crippen LogP contribution in [0.2, 0.25) is 0 Å². The number of halogens is 3. The molecule has 0 aromatic heterocycles. The first-order chi connectivity index (χ1) is 9.52. The number of benzene rings is 1. The molecule has 2 unspecified atom stereocenters. The zero-order valence-electron chi connectivity index (χ0n) is 11.5. The van der Waals surface area contributed by atoms with Crippen LogP contribution in [0.25, 0.3) is 0 Å². The minimum Gasteiger partial charge on any atom is -0.381 e. The highest BCUT2D eigenvalue weighted by Crippen LogP contribution is 2.34. The Bertz CT molecular complexity index is 427. The van der Waals surface area contributed by atoms with Gasteiger partial charge in [0.25, 0.3) is 0 Å². The maximum absolute atomic E-state index is 12.8. The Morgan fingerprint density at radius 3 is 2.80 bits per heavy atom. The second-order valence-corrected chi connectivity index (χ2v) is 5.18. The van der Waals surface area contributed by atoms with E-state index in [1.807, 2.05) is 6.92 Å². The number of nitrogens with one attached hydrogen (secondary N) is 1. The maximum Gasteiger partial charge on any atom is 0.416 e. The van der Waals surface area contributed by atoms with E-state index >= 15 is 0 Å². The van der Waals surface area contributed by atoms with Gasteiger partial charge in [0, 0.05) is 18.6 Å². The molecule has 0 spiro atoms. The van der Waals surface area contributed by atoms with Crippen LogP contribution in [0.5, 0.6) is 0 Å². The van der Waals surface area contributed by atoms with Gasteiger partial charge < -0.3 is 10.1 Å². The molecular weight excluding hydrogens is 267 g/mol. The fourth-order valence-electron chi connectivity index (χ4n) is 2.58. The molecule has 0 bridgehead atoms. The van der Waals surface area contributed by atoms with Gasteiger partial charge >= 0.3 is 6.18 Å². The summed E-state index contributed by atoms with van der Waals surface area (Å²) in [5.41, 5.74) is 0.112. The molecule has 2 rings (SSSR count). The van der Waals surface area contributed by atoms with Crippen molar-refractivity contribution < 1.29 is 17.9 Å². The summed E-state index contributed by atoms with van der Waals surface area (Å²) in [4.78, 5) is 0. The van der Waals surface area contributed by atoms with E-state index in [-0.39, 0.29) is 12.0 Å². The Balaban J connectivity index is 2.23. The highest BCUT2D eigenvalue weighted by molar-refractivity contribution is 5.28. The number of rotatable bonds is 5. The van der Waals surface area contributed by atoms with Crippen LogP contribution in [-0.4, -0.2) is 19.8 Å². The Hall–Kier alpha value is -1.07. The van der Waals surface area contributed by atoms with Crippen molar-refractivity contribution in [3.05, 3.63) is 35.4 Å². The van der Waals surface area contributed by atoms with E-state index in [9.17, 15) is 13.2 Å². The van der Waals surface area contributed by atoms with E-state index in [0.717, 1.165) is 25.5 Å². The Kier molecular flexibility index (Phi) is 5.05. The highest BCUT2D eigenvalue weighted by Gasteiger charge is 2.32. The lowest BCUT2D eigenvalue weighted by molar-refractivity contribution is -0.137. The molecule has 1 fully saturated rings. The molecule has 2 nitrogen and oxygen atoms in total. The fraction of sp³-hybridized carbons (Fsp3) is 0.600. The Morgan fingerprint density at radius 1 is 1.40 bits per heavy atom. The summed E-state index contributed by atoms with van der Waals surface area (Å²) in [5, 5.41) is 3.36. The van der Waals surface area contributed by atoms with E-state index in [1.54, 1.807) is 6.07 Å². The van der Waals surface area contributed by atoms with Gasteiger partial charge in [-0.3, -0.25) is 0 Å². The van der Waals surface area contributed by atoms with Crippen LogP contribution in [0, 0.1) is 5.92 Å². The van der Waals surface area contributed by atoms with Gasteiger partial charge in [-0.05, 0) is 37.1 Å². The van der Waals surface area contributed by atoms with Crippen molar-refractivity contribution in [1.82, 2.24) is 5.32 Å². The van der Waals surface area contributed by atoms with Crippen LogP contribution in [0.15, 0.2) is 24.3 Å². The van der Waals surface area contributed by atoms with Gasteiger partial charge in [0.2, 0.25) is 0 Å². The van der Waals surface area contributed by atoms with E-state index < -0.39 is 11.7 Å². The van der Waals surface area contributed by atoms with Crippen molar-refractivity contribution in [2.45, 2.75) is 32.0 Å². The van der Waals surface area contributed by atoms with Crippen molar-refractivity contribution in [2.24, 2.45) is 5.92 Å². The third-order valence-corrected chi connectivity index (χ3v) is 3.62. The number of alkyl halides is 3. The quantitative estimate of drug-likeness (QED) is 0.890. The SMILES string of the molecule is CCCNC(c1cccc(C(F)(F)F)c1)C1CCOC1. The van der Waals surface area contributed by atoms with Crippen LogP contribution in [-0.2, 0) is 10.9 Å². The fourth-order valence-corrected chi connectivity index (χ4v) is 2.58. The van der Waals surface area contributed by atoms with Crippen LogP contribution >= 0.6 is 0 Å². The molecule has 0 radical (unpaired) electrons. The third-order valence-electron chi connectivity index (χ3n) is 3.62. The second kappa shape index (κ2) is 6.59. The molecule has 20 heavy (non-hydrogen) atoms. The summed E-state index contributed by atoms with van der Waals surface area (Å²) < 4.78 is 43.8. The van der Waals surface area contributed by atoms with E-state index in [1.165, 1.54) is 12.1 Å². The van der Waals surface area contributed by atoms with E-state index in [0.29, 0.717) is 18.8 Å². The standard InChI is InChI=1S/C15H20F3NO/c1-2-7-19-14(12-6-8-20-10-12)11-4-3-5-13(9-11)15(16,17)18/h3-5,9,12,14,19H,2,6-8,10H2,1H3. The van der Waals surface area contributed by atoms with Gasteiger partial charge in [0.15, 0.2) is 0 Å². The molecule has 1 aromatic rings. The largest absolute Gasteiger partial charge is 0.416 e. The molecule has 2 atom stereocenters. The van der Waals surface area contributed by atoms with Crippen LogP contribution in [0.1, 0.15) is 36.9 Å². The highest BCUT2D eigenvalue weighted by atomic mass is 19.4. The molecule has 1 heterocycles. The molecule has 1 aliphatic rings. The lowest BCUT2D eigenvalue weighted by Gasteiger charge is -2.25. The molecule has 1 aliphatic heterocycles. The zero-order chi connectivity index (χ0) is 14.6. The number of hydrogen-bond acceptors (Lipinski definition) is 2. The second-order valence-electron chi connectivity index (χ2n) is 5.18. The van der Waals surface area contributed by atoms with Crippen molar-refractivity contribution >= 4 is 0 Å². The smallest absolute Gasteiger partial charge is 0.381 e. The average Bonchev–Trinajstić information content (AvgIpc) is 2.92. The monoisotopic (exact) mass is 287 g/mol. The van der Waals surface area contributed by atoms with Crippen molar-refractivity contribution in [3.8, 4) is 0 Å². The first-order valence-electron chi connectivity index (χ1n) is 7.00. The lowest BCUT2D eigenvalue weighted by Crippen LogP contribution is -2.29. The first-order valence-corrected chi connectivity index (χ1v) is 7.00. The Labute approximate surface area is 117 Å². The summed E-state index contributed by atoms with van der Waals surface area (Å²) in [6, 6.07) is 5.55. The zero-order valence-corrected chi connectivity index (χ0v) is 11.5. The van der Waals surface area contributed by atoms with E-state index in [4.69, 9.17) is 4.74 Å². The summed E-state index contributed by atoms with van der Waals surface area (Å²) in [5.74, 6) is 0.241. The summed E-state index contributed by atoms with van der Waals surface area (Å²) in [7, 11) is 0. The lowest BCUT2D eigenvalue weighted by atomic mass is 9.91. The predicted octanol–water partition coefficient (Wildman–Crippen LogP) is 3.78. The maximum atomic E-state index is 12.8. The molecular formula is C15H20F3NO. The number of ether oxygens (including phenoxy) is 1. The molecule has 1 N–H and O–H groups in total. The van der Waals surface area contributed by atoms with Crippen LogP contribution < -0.4 is 5.32 Å². The Morgan fingerprint density at radius 2 is 2.20 bits per heavy atom. The van der Waals surface area contributed by atoms with Gasteiger partial charge in [-0.15, -0.1) is 0 Å². The van der Waals surface area contributed by atoms with Crippen molar-refractivity contribution in [2.75, 3.05) is 19.8 Å². The summed E-state index contributed by atoms with van der Waals surface area (Å²) in [6.07, 6.45) is -2.46. The predicted molar refractivity (Wildman–Crippen MR) is 71.4 cm³/mol. The van der Waals surface area contributed by atoms with Crippen LogP contribution in [0.4, 0.5) is 13.2 Å². The molecule has 0 amide bonds. The molecule has 112 valence electrons. The van der Waals surface area contributed by atoms with Crippen LogP contribution in [0.3, 0.4) is 0 Å². The average molecular weight is 287 g/mol. The van der Waals surface area contributed by atoms with Gasteiger partial charge in [-0.1, -0.05) is 19.1 Å².